The van der Waals surface area contributed by atoms with Crippen LogP contribution in [0.3, 0.4) is 0 Å². The highest BCUT2D eigenvalue weighted by atomic mass is 35.5. The lowest BCUT2D eigenvalue weighted by molar-refractivity contribution is -0.120. The first-order valence-electron chi connectivity index (χ1n) is 11.7. The van der Waals surface area contributed by atoms with Gasteiger partial charge in [-0.05, 0) is 67.8 Å². The fourth-order valence-electron chi connectivity index (χ4n) is 4.15. The van der Waals surface area contributed by atoms with Crippen molar-refractivity contribution in [2.24, 2.45) is 0 Å². The minimum atomic E-state index is -4.04. The predicted molar refractivity (Wildman–Crippen MR) is 142 cm³/mol. The van der Waals surface area contributed by atoms with Crippen LogP contribution in [0.5, 0.6) is 0 Å². The van der Waals surface area contributed by atoms with E-state index in [-0.39, 0.29) is 17.3 Å². The second-order valence-corrected chi connectivity index (χ2v) is 11.1. The van der Waals surface area contributed by atoms with Gasteiger partial charge in [-0.15, -0.1) is 0 Å². The molecule has 1 fully saturated rings. The Balaban J connectivity index is 1.55. The minimum Gasteiger partial charge on any atom is -0.350 e. The SMILES string of the molecule is Cc1ccc(S(=O)(=O)N(CC(=O)NCc2cccc(N3CCCC3=O)c2)c2cccc(Cl)c2C)cc1. The summed E-state index contributed by atoms with van der Waals surface area (Å²) >= 11 is 6.28. The molecule has 0 saturated carbocycles. The fourth-order valence-corrected chi connectivity index (χ4v) is 5.79. The smallest absolute Gasteiger partial charge is 0.264 e. The third kappa shape index (κ3) is 5.55. The number of benzene rings is 3. The second kappa shape index (κ2) is 10.7. The Kier molecular flexibility index (Phi) is 7.66. The normalized spacial score (nSPS) is 13.6. The van der Waals surface area contributed by atoms with Gasteiger partial charge in [-0.2, -0.15) is 0 Å². The van der Waals surface area contributed by atoms with Gasteiger partial charge in [-0.3, -0.25) is 13.9 Å². The summed E-state index contributed by atoms with van der Waals surface area (Å²) in [5.41, 5.74) is 3.43. The van der Waals surface area contributed by atoms with E-state index in [2.05, 4.69) is 5.32 Å². The first kappa shape index (κ1) is 25.7. The molecular formula is C27H28ClN3O4S. The zero-order chi connectivity index (χ0) is 25.9. The van der Waals surface area contributed by atoms with Crippen LogP contribution < -0.4 is 14.5 Å². The maximum absolute atomic E-state index is 13.6. The van der Waals surface area contributed by atoms with E-state index in [0.717, 1.165) is 27.5 Å². The summed E-state index contributed by atoms with van der Waals surface area (Å²) in [4.78, 5) is 26.9. The van der Waals surface area contributed by atoms with Gasteiger partial charge in [-0.1, -0.05) is 47.5 Å². The molecule has 0 atom stereocenters. The summed E-state index contributed by atoms with van der Waals surface area (Å²) in [5, 5.41) is 3.22. The average molecular weight is 526 g/mol. The van der Waals surface area contributed by atoms with Gasteiger partial charge >= 0.3 is 0 Å². The highest BCUT2D eigenvalue weighted by Gasteiger charge is 2.29. The Morgan fingerprint density at radius 1 is 1.06 bits per heavy atom. The Hall–Kier alpha value is -3.36. The van der Waals surface area contributed by atoms with E-state index < -0.39 is 22.5 Å². The van der Waals surface area contributed by atoms with Crippen molar-refractivity contribution in [1.29, 1.82) is 0 Å². The van der Waals surface area contributed by atoms with Crippen LogP contribution in [-0.4, -0.2) is 33.3 Å². The molecular weight excluding hydrogens is 498 g/mol. The molecule has 0 bridgehead atoms. The number of carbonyl (C=O) groups is 2. The number of anilines is 2. The zero-order valence-electron chi connectivity index (χ0n) is 20.2. The predicted octanol–water partition coefficient (Wildman–Crippen LogP) is 4.60. The molecule has 0 aromatic heterocycles. The van der Waals surface area contributed by atoms with Gasteiger partial charge in [0.05, 0.1) is 10.6 Å². The van der Waals surface area contributed by atoms with E-state index in [1.807, 2.05) is 31.2 Å². The average Bonchev–Trinajstić information content (AvgIpc) is 3.29. The molecule has 0 unspecified atom stereocenters. The van der Waals surface area contributed by atoms with Crippen LogP contribution in [0, 0.1) is 13.8 Å². The number of nitrogens with one attached hydrogen (secondary N) is 1. The van der Waals surface area contributed by atoms with Crippen molar-refractivity contribution >= 4 is 44.8 Å². The third-order valence-electron chi connectivity index (χ3n) is 6.19. The summed E-state index contributed by atoms with van der Waals surface area (Å²) in [6, 6.07) is 18.9. The van der Waals surface area contributed by atoms with E-state index in [1.165, 1.54) is 12.1 Å². The lowest BCUT2D eigenvalue weighted by Gasteiger charge is -2.26. The number of sulfonamides is 1. The first-order chi connectivity index (χ1) is 17.2. The summed E-state index contributed by atoms with van der Waals surface area (Å²) in [7, 11) is -4.04. The lowest BCUT2D eigenvalue weighted by atomic mass is 10.2. The molecule has 1 saturated heterocycles. The van der Waals surface area contributed by atoms with Gasteiger partial charge in [0.25, 0.3) is 10.0 Å². The largest absolute Gasteiger partial charge is 0.350 e. The zero-order valence-corrected chi connectivity index (χ0v) is 21.8. The van der Waals surface area contributed by atoms with Crippen LogP contribution in [0.25, 0.3) is 0 Å². The van der Waals surface area contributed by atoms with E-state index in [9.17, 15) is 18.0 Å². The number of hydrogen-bond donors (Lipinski definition) is 1. The van der Waals surface area contributed by atoms with Gasteiger partial charge in [-0.25, -0.2) is 8.42 Å². The highest BCUT2D eigenvalue weighted by Crippen LogP contribution is 2.31. The maximum Gasteiger partial charge on any atom is 0.264 e. The van der Waals surface area contributed by atoms with Crippen LogP contribution in [-0.2, 0) is 26.2 Å². The maximum atomic E-state index is 13.6. The van der Waals surface area contributed by atoms with Crippen molar-refractivity contribution in [2.45, 2.75) is 38.1 Å². The molecule has 0 radical (unpaired) electrons. The molecule has 4 rings (SSSR count). The molecule has 0 spiro atoms. The van der Waals surface area contributed by atoms with Crippen LogP contribution in [0.15, 0.2) is 71.6 Å². The number of halogens is 1. The number of aryl methyl sites for hydroxylation is 1. The van der Waals surface area contributed by atoms with Gasteiger partial charge in [0.15, 0.2) is 0 Å². The molecule has 1 heterocycles. The van der Waals surface area contributed by atoms with Gasteiger partial charge in [0.2, 0.25) is 11.8 Å². The molecule has 1 aliphatic heterocycles. The van der Waals surface area contributed by atoms with Crippen molar-refractivity contribution in [1.82, 2.24) is 5.32 Å². The second-order valence-electron chi connectivity index (χ2n) is 8.80. The molecule has 1 N–H and O–H groups in total. The van der Waals surface area contributed by atoms with Gasteiger partial charge in [0, 0.05) is 30.2 Å². The minimum absolute atomic E-state index is 0.0863. The molecule has 188 valence electrons. The van der Waals surface area contributed by atoms with Crippen LogP contribution in [0.1, 0.15) is 29.5 Å². The Bertz CT molecular complexity index is 1390. The van der Waals surface area contributed by atoms with Gasteiger partial charge in [0.1, 0.15) is 6.54 Å². The summed E-state index contributed by atoms with van der Waals surface area (Å²) in [5.74, 6) is -0.377. The summed E-state index contributed by atoms with van der Waals surface area (Å²) in [6.45, 7) is 4.05. The molecule has 3 aromatic carbocycles. The molecule has 0 aliphatic carbocycles. The Morgan fingerprint density at radius 2 is 1.78 bits per heavy atom. The van der Waals surface area contributed by atoms with Crippen molar-refractivity contribution < 1.29 is 18.0 Å². The fraction of sp³-hybridized carbons (Fsp3) is 0.259. The van der Waals surface area contributed by atoms with Crippen molar-refractivity contribution in [2.75, 3.05) is 22.3 Å². The van der Waals surface area contributed by atoms with E-state index in [1.54, 1.807) is 42.2 Å². The van der Waals surface area contributed by atoms with Gasteiger partial charge < -0.3 is 10.2 Å². The lowest BCUT2D eigenvalue weighted by Crippen LogP contribution is -2.41. The van der Waals surface area contributed by atoms with Crippen LogP contribution >= 0.6 is 11.6 Å². The standard InChI is InChI=1S/C27H28ClN3O4S/c1-19-11-13-23(14-12-19)36(34,35)31(25-9-4-8-24(28)20(25)2)18-26(32)29-17-21-6-3-7-22(16-21)30-15-5-10-27(30)33/h3-4,6-9,11-14,16H,5,10,15,17-18H2,1-2H3,(H,29,32). The van der Waals surface area contributed by atoms with Crippen molar-refractivity contribution in [3.8, 4) is 0 Å². The number of amides is 2. The summed E-state index contributed by atoms with van der Waals surface area (Å²) in [6.07, 6.45) is 1.36. The molecule has 2 amide bonds. The van der Waals surface area contributed by atoms with Crippen LogP contribution in [0.4, 0.5) is 11.4 Å². The Morgan fingerprint density at radius 3 is 2.47 bits per heavy atom. The number of hydrogen-bond acceptors (Lipinski definition) is 4. The van der Waals surface area contributed by atoms with Crippen molar-refractivity contribution in [3.05, 3.63) is 88.4 Å². The van der Waals surface area contributed by atoms with E-state index in [0.29, 0.717) is 29.2 Å². The molecule has 1 aliphatic rings. The molecule has 3 aromatic rings. The highest BCUT2D eigenvalue weighted by molar-refractivity contribution is 7.92. The number of rotatable bonds is 8. The van der Waals surface area contributed by atoms with E-state index >= 15 is 0 Å². The monoisotopic (exact) mass is 525 g/mol. The number of carbonyl (C=O) groups excluding carboxylic acids is 2. The van der Waals surface area contributed by atoms with Crippen LogP contribution in [0.2, 0.25) is 5.02 Å². The molecule has 36 heavy (non-hydrogen) atoms. The summed E-state index contributed by atoms with van der Waals surface area (Å²) < 4.78 is 28.3. The van der Waals surface area contributed by atoms with Crippen molar-refractivity contribution in [3.63, 3.8) is 0 Å². The Labute approximate surface area is 216 Å². The first-order valence-corrected chi connectivity index (χ1v) is 13.5. The van der Waals surface area contributed by atoms with E-state index in [4.69, 9.17) is 11.6 Å². The molecule has 7 nitrogen and oxygen atoms in total. The third-order valence-corrected chi connectivity index (χ3v) is 8.37. The number of nitrogens with zero attached hydrogens (tertiary/aromatic N) is 2. The molecule has 9 heteroatoms. The topological polar surface area (TPSA) is 86.8 Å². The quantitative estimate of drug-likeness (QED) is 0.466.